The van der Waals surface area contributed by atoms with Crippen molar-refractivity contribution in [1.82, 2.24) is 0 Å². The Kier molecular flexibility index (Phi) is 4.80. The quantitative estimate of drug-likeness (QED) is 0.503. The Labute approximate surface area is 85.4 Å². The number of hydrogen-bond donors (Lipinski definition) is 0. The molecule has 0 saturated carbocycles. The van der Waals surface area contributed by atoms with Crippen molar-refractivity contribution >= 4 is 46.7 Å². The standard InChI is InChI=1S/C6H7Cl3N2O/c1-4(2)10-3-11-5(12)6(7,8)9/h4H,1-2H3. The average Bonchev–Trinajstić information content (AvgIpc) is 1.84. The highest BCUT2D eigenvalue weighted by molar-refractivity contribution is 6.76. The molecule has 0 aliphatic heterocycles. The molecule has 0 atom stereocenters. The number of aliphatic imine (C=N–C) groups is 2. The lowest BCUT2D eigenvalue weighted by atomic mass is 10.4. The molecule has 68 valence electrons. The predicted octanol–water partition coefficient (Wildman–Crippen LogP) is 2.47. The van der Waals surface area contributed by atoms with Crippen LogP contribution in [0.4, 0.5) is 0 Å². The maximum Gasteiger partial charge on any atom is 0.307 e. The fourth-order valence-electron chi connectivity index (χ4n) is 0.253. The van der Waals surface area contributed by atoms with Gasteiger partial charge in [0.1, 0.15) is 0 Å². The highest BCUT2D eigenvalue weighted by Crippen LogP contribution is 2.26. The van der Waals surface area contributed by atoms with Crippen molar-refractivity contribution in [1.29, 1.82) is 0 Å². The molecule has 0 aromatic rings. The van der Waals surface area contributed by atoms with Gasteiger partial charge in [-0.2, -0.15) is 0 Å². The second-order valence-electron chi connectivity index (χ2n) is 2.24. The summed E-state index contributed by atoms with van der Waals surface area (Å²) in [4.78, 5) is 17.6. The van der Waals surface area contributed by atoms with Crippen LogP contribution < -0.4 is 0 Å². The molecule has 0 radical (unpaired) electrons. The van der Waals surface area contributed by atoms with Gasteiger partial charge in [-0.3, -0.25) is 4.79 Å². The minimum atomic E-state index is -2.01. The largest absolute Gasteiger partial charge is 0.307 e. The van der Waals surface area contributed by atoms with Crippen molar-refractivity contribution < 1.29 is 4.79 Å². The number of alkyl halides is 3. The van der Waals surface area contributed by atoms with Gasteiger partial charge in [-0.1, -0.05) is 34.8 Å². The number of amides is 1. The lowest BCUT2D eigenvalue weighted by molar-refractivity contribution is -0.116. The molecule has 0 aliphatic rings. The molecular weight excluding hydrogens is 222 g/mol. The van der Waals surface area contributed by atoms with E-state index < -0.39 is 9.70 Å². The lowest BCUT2D eigenvalue weighted by Crippen LogP contribution is -2.15. The molecule has 0 unspecified atom stereocenters. The molecule has 12 heavy (non-hydrogen) atoms. The molecule has 0 bridgehead atoms. The highest BCUT2D eigenvalue weighted by Gasteiger charge is 2.30. The molecule has 0 rings (SSSR count). The van der Waals surface area contributed by atoms with Crippen LogP contribution in [0.15, 0.2) is 9.98 Å². The molecule has 0 saturated heterocycles. The van der Waals surface area contributed by atoms with Gasteiger partial charge in [-0.25, -0.2) is 4.99 Å². The van der Waals surface area contributed by atoms with Crippen LogP contribution in [0.3, 0.4) is 0 Å². The maximum atomic E-state index is 10.8. The van der Waals surface area contributed by atoms with Crippen LogP contribution in [0.1, 0.15) is 13.8 Å². The van der Waals surface area contributed by atoms with Crippen molar-refractivity contribution in [3.05, 3.63) is 0 Å². The van der Waals surface area contributed by atoms with Crippen LogP contribution in [0, 0.1) is 0 Å². The smallest absolute Gasteiger partial charge is 0.267 e. The van der Waals surface area contributed by atoms with Crippen LogP contribution in [0.25, 0.3) is 0 Å². The number of hydrogen-bond acceptors (Lipinski definition) is 2. The Hall–Kier alpha value is -0.0800. The molecule has 0 spiro atoms. The Morgan fingerprint density at radius 1 is 1.42 bits per heavy atom. The van der Waals surface area contributed by atoms with Crippen LogP contribution in [0.2, 0.25) is 0 Å². The second-order valence-corrected chi connectivity index (χ2v) is 4.52. The summed E-state index contributed by atoms with van der Waals surface area (Å²) in [6.45, 7) is 3.62. The van der Waals surface area contributed by atoms with Gasteiger partial charge >= 0.3 is 5.91 Å². The van der Waals surface area contributed by atoms with E-state index in [0.717, 1.165) is 0 Å². The summed E-state index contributed by atoms with van der Waals surface area (Å²) in [6, 6.07) is 2.15. The first-order valence-electron chi connectivity index (χ1n) is 3.10. The van der Waals surface area contributed by atoms with Crippen molar-refractivity contribution in [2.45, 2.75) is 23.7 Å². The van der Waals surface area contributed by atoms with Crippen LogP contribution in [-0.4, -0.2) is 21.7 Å². The third-order valence-corrected chi connectivity index (χ3v) is 1.19. The van der Waals surface area contributed by atoms with Gasteiger partial charge in [0, 0.05) is 0 Å². The number of carbonyl (C=O) groups excluding carboxylic acids is 1. The van der Waals surface area contributed by atoms with E-state index in [9.17, 15) is 4.79 Å². The van der Waals surface area contributed by atoms with Gasteiger partial charge in [-0.05, 0) is 13.8 Å². The minimum Gasteiger partial charge on any atom is -0.267 e. The van der Waals surface area contributed by atoms with Crippen molar-refractivity contribution in [2.24, 2.45) is 9.98 Å². The highest BCUT2D eigenvalue weighted by atomic mass is 35.6. The fraction of sp³-hybridized carbons (Fsp3) is 0.667. The summed E-state index contributed by atoms with van der Waals surface area (Å²) in [7, 11) is 0. The number of halogens is 3. The van der Waals surface area contributed by atoms with Gasteiger partial charge in [0.15, 0.2) is 0 Å². The molecule has 0 aromatic carbocycles. The molecule has 0 N–H and O–H groups in total. The van der Waals surface area contributed by atoms with Gasteiger partial charge in [-0.15, -0.1) is 4.99 Å². The number of carbonyl (C=O) groups is 1. The minimum absolute atomic E-state index is 0.0110. The van der Waals surface area contributed by atoms with Gasteiger partial charge in [0.25, 0.3) is 3.79 Å². The zero-order valence-electron chi connectivity index (χ0n) is 6.51. The van der Waals surface area contributed by atoms with Crippen LogP contribution >= 0.6 is 34.8 Å². The number of rotatable bonds is 1. The van der Waals surface area contributed by atoms with Gasteiger partial charge in [0.05, 0.1) is 12.1 Å². The maximum absolute atomic E-state index is 10.8. The molecule has 6 heteroatoms. The normalized spacial score (nSPS) is 10.8. The lowest BCUT2D eigenvalue weighted by Gasteiger charge is -2.01. The fourth-order valence-corrected chi connectivity index (χ4v) is 0.380. The molecule has 0 fully saturated rings. The van der Waals surface area contributed by atoms with E-state index >= 15 is 0 Å². The van der Waals surface area contributed by atoms with E-state index in [4.69, 9.17) is 34.8 Å². The topological polar surface area (TPSA) is 41.8 Å². The number of nitrogens with zero attached hydrogens (tertiary/aromatic N) is 2. The first-order valence-corrected chi connectivity index (χ1v) is 4.24. The van der Waals surface area contributed by atoms with E-state index in [1.807, 2.05) is 13.8 Å². The second kappa shape index (κ2) is 4.83. The van der Waals surface area contributed by atoms with Gasteiger partial charge in [0.2, 0.25) is 0 Å². The van der Waals surface area contributed by atoms with Crippen molar-refractivity contribution in [3.63, 3.8) is 0 Å². The summed E-state index contributed by atoms with van der Waals surface area (Å²) in [5.41, 5.74) is 0. The van der Waals surface area contributed by atoms with E-state index in [1.54, 1.807) is 0 Å². The van der Waals surface area contributed by atoms with E-state index in [1.165, 1.54) is 0 Å². The summed E-state index contributed by atoms with van der Waals surface area (Å²) in [5, 5.41) is 0. The molecular formula is C6H7Cl3N2O. The van der Waals surface area contributed by atoms with Crippen molar-refractivity contribution in [3.8, 4) is 0 Å². The monoisotopic (exact) mass is 228 g/mol. The molecule has 0 aromatic heterocycles. The summed E-state index contributed by atoms with van der Waals surface area (Å²) in [6.07, 6.45) is 0. The zero-order valence-corrected chi connectivity index (χ0v) is 8.78. The van der Waals surface area contributed by atoms with Crippen LogP contribution in [-0.2, 0) is 4.79 Å². The first kappa shape index (κ1) is 11.9. The SMILES string of the molecule is CC(C)N=C=NC(=O)C(Cl)(Cl)Cl. The van der Waals surface area contributed by atoms with E-state index in [2.05, 4.69) is 16.0 Å². The Bertz CT molecular complexity index is 225. The summed E-state index contributed by atoms with van der Waals surface area (Å²) < 4.78 is -2.01. The predicted molar refractivity (Wildman–Crippen MR) is 50.3 cm³/mol. The Morgan fingerprint density at radius 2 is 1.92 bits per heavy atom. The molecule has 1 amide bonds. The van der Waals surface area contributed by atoms with Crippen molar-refractivity contribution in [2.75, 3.05) is 0 Å². The summed E-state index contributed by atoms with van der Waals surface area (Å²) >= 11 is 15.6. The zero-order chi connectivity index (χ0) is 9.78. The Balaban J connectivity index is 4.29. The van der Waals surface area contributed by atoms with E-state index in [-0.39, 0.29) is 6.04 Å². The third kappa shape index (κ3) is 5.56. The average molecular weight is 229 g/mol. The molecule has 3 nitrogen and oxygen atoms in total. The Morgan fingerprint density at radius 3 is 2.25 bits per heavy atom. The van der Waals surface area contributed by atoms with E-state index in [0.29, 0.717) is 0 Å². The molecule has 0 heterocycles. The first-order chi connectivity index (χ1) is 5.34. The van der Waals surface area contributed by atoms with Crippen LogP contribution in [0.5, 0.6) is 0 Å². The molecule has 0 aliphatic carbocycles. The third-order valence-electron chi connectivity index (χ3n) is 0.710. The van der Waals surface area contributed by atoms with Gasteiger partial charge < -0.3 is 0 Å². The summed E-state index contributed by atoms with van der Waals surface area (Å²) in [5.74, 6) is -0.892.